The summed E-state index contributed by atoms with van der Waals surface area (Å²) in [6, 6.07) is 10.7. The monoisotopic (exact) mass is 329 g/mol. The Bertz CT molecular complexity index is 674. The van der Waals surface area contributed by atoms with Gasteiger partial charge >= 0.3 is 0 Å². The van der Waals surface area contributed by atoms with Gasteiger partial charge in [-0.25, -0.2) is 0 Å². The van der Waals surface area contributed by atoms with Gasteiger partial charge in [-0.05, 0) is 23.8 Å². The SMILES string of the molecule is N#CCc1cccc(Cl)c1-c1cc(Cl)c(Cl)cc1Cl. The lowest BCUT2D eigenvalue weighted by Crippen LogP contribution is -1.91. The van der Waals surface area contributed by atoms with Gasteiger partial charge in [-0.1, -0.05) is 58.5 Å². The molecule has 0 bridgehead atoms. The van der Waals surface area contributed by atoms with Crippen LogP contribution in [0.1, 0.15) is 5.56 Å². The predicted octanol–water partition coefficient (Wildman–Crippen LogP) is 6.03. The first-order chi connectivity index (χ1) is 9.04. The van der Waals surface area contributed by atoms with E-state index in [1.807, 2.05) is 6.07 Å². The minimum Gasteiger partial charge on any atom is -0.198 e. The Labute approximate surface area is 131 Å². The number of halogens is 4. The summed E-state index contributed by atoms with van der Waals surface area (Å²) >= 11 is 24.3. The average Bonchev–Trinajstić information content (AvgIpc) is 2.35. The van der Waals surface area contributed by atoms with Gasteiger partial charge in [0.1, 0.15) is 0 Å². The molecule has 5 heteroatoms. The second kappa shape index (κ2) is 6.03. The second-order valence-electron chi connectivity index (χ2n) is 3.86. The van der Waals surface area contributed by atoms with Crippen LogP contribution in [0.3, 0.4) is 0 Å². The lowest BCUT2D eigenvalue weighted by atomic mass is 9.98. The van der Waals surface area contributed by atoms with Crippen LogP contribution in [-0.4, -0.2) is 0 Å². The van der Waals surface area contributed by atoms with E-state index in [2.05, 4.69) is 6.07 Å². The van der Waals surface area contributed by atoms with Crippen molar-refractivity contribution in [2.24, 2.45) is 0 Å². The summed E-state index contributed by atoms with van der Waals surface area (Å²) in [7, 11) is 0. The highest BCUT2D eigenvalue weighted by Crippen LogP contribution is 2.40. The molecule has 2 aromatic rings. The Morgan fingerprint density at radius 1 is 0.895 bits per heavy atom. The van der Waals surface area contributed by atoms with E-state index in [0.29, 0.717) is 31.2 Å². The Hall–Kier alpha value is -0.910. The molecule has 2 aromatic carbocycles. The van der Waals surface area contributed by atoms with Crippen molar-refractivity contribution in [2.75, 3.05) is 0 Å². The van der Waals surface area contributed by atoms with Gasteiger partial charge in [0.2, 0.25) is 0 Å². The molecule has 19 heavy (non-hydrogen) atoms. The molecule has 0 radical (unpaired) electrons. The maximum Gasteiger partial charge on any atom is 0.0669 e. The van der Waals surface area contributed by atoms with Crippen LogP contribution in [0.2, 0.25) is 20.1 Å². The molecule has 0 amide bonds. The van der Waals surface area contributed by atoms with E-state index in [4.69, 9.17) is 51.7 Å². The Balaban J connectivity index is 2.72. The summed E-state index contributed by atoms with van der Waals surface area (Å²) in [6.07, 6.45) is 0.243. The zero-order chi connectivity index (χ0) is 14.0. The fraction of sp³-hybridized carbons (Fsp3) is 0.0714. The van der Waals surface area contributed by atoms with Crippen LogP contribution in [0, 0.1) is 11.3 Å². The topological polar surface area (TPSA) is 23.8 Å². The van der Waals surface area contributed by atoms with Crippen LogP contribution in [-0.2, 0) is 6.42 Å². The van der Waals surface area contributed by atoms with E-state index in [9.17, 15) is 0 Å². The van der Waals surface area contributed by atoms with Crippen LogP contribution in [0.5, 0.6) is 0 Å². The van der Waals surface area contributed by atoms with Crippen LogP contribution in [0.4, 0.5) is 0 Å². The maximum atomic E-state index is 8.88. The predicted molar refractivity (Wildman–Crippen MR) is 81.2 cm³/mol. The minimum absolute atomic E-state index is 0.243. The molecule has 0 aliphatic carbocycles. The van der Waals surface area contributed by atoms with Crippen molar-refractivity contribution in [2.45, 2.75) is 6.42 Å². The summed E-state index contributed by atoms with van der Waals surface area (Å²) < 4.78 is 0. The highest BCUT2D eigenvalue weighted by molar-refractivity contribution is 6.44. The van der Waals surface area contributed by atoms with Crippen molar-refractivity contribution in [3.63, 3.8) is 0 Å². The maximum absolute atomic E-state index is 8.88. The summed E-state index contributed by atoms with van der Waals surface area (Å²) in [5, 5.41) is 10.6. The minimum atomic E-state index is 0.243. The van der Waals surface area contributed by atoms with Crippen molar-refractivity contribution >= 4 is 46.4 Å². The van der Waals surface area contributed by atoms with Crippen LogP contribution in [0.25, 0.3) is 11.1 Å². The van der Waals surface area contributed by atoms with Crippen molar-refractivity contribution in [3.8, 4) is 17.2 Å². The molecule has 96 valence electrons. The molecule has 0 aromatic heterocycles. The third-order valence-electron chi connectivity index (χ3n) is 2.65. The lowest BCUT2D eigenvalue weighted by molar-refractivity contribution is 1.26. The summed E-state index contributed by atoms with van der Waals surface area (Å²) in [6.45, 7) is 0. The van der Waals surface area contributed by atoms with Gasteiger partial charge in [-0.2, -0.15) is 5.26 Å². The smallest absolute Gasteiger partial charge is 0.0669 e. The number of benzene rings is 2. The molecule has 2 rings (SSSR count). The lowest BCUT2D eigenvalue weighted by Gasteiger charge is -2.12. The van der Waals surface area contributed by atoms with Crippen LogP contribution < -0.4 is 0 Å². The zero-order valence-electron chi connectivity index (χ0n) is 9.55. The van der Waals surface area contributed by atoms with Crippen molar-refractivity contribution in [3.05, 3.63) is 56.0 Å². The summed E-state index contributed by atoms with van der Waals surface area (Å²) in [4.78, 5) is 0. The molecule has 0 fully saturated rings. The largest absolute Gasteiger partial charge is 0.198 e. The number of nitriles is 1. The van der Waals surface area contributed by atoms with Crippen molar-refractivity contribution < 1.29 is 0 Å². The van der Waals surface area contributed by atoms with E-state index in [-0.39, 0.29) is 6.42 Å². The molecule has 0 saturated carbocycles. The molecular weight excluding hydrogens is 324 g/mol. The molecule has 0 spiro atoms. The fourth-order valence-electron chi connectivity index (χ4n) is 1.82. The summed E-state index contributed by atoms with van der Waals surface area (Å²) in [5.41, 5.74) is 2.19. The molecule has 0 atom stereocenters. The first kappa shape index (κ1) is 14.5. The van der Waals surface area contributed by atoms with Crippen LogP contribution in [0.15, 0.2) is 30.3 Å². The molecule has 0 saturated heterocycles. The molecule has 0 aliphatic rings. The Morgan fingerprint density at radius 2 is 1.58 bits per heavy atom. The van der Waals surface area contributed by atoms with Gasteiger partial charge in [0, 0.05) is 16.1 Å². The van der Waals surface area contributed by atoms with E-state index in [0.717, 1.165) is 5.56 Å². The molecule has 0 heterocycles. The number of rotatable bonds is 2. The molecular formula is C14H7Cl4N. The van der Waals surface area contributed by atoms with E-state index < -0.39 is 0 Å². The van der Waals surface area contributed by atoms with Gasteiger partial charge in [-0.15, -0.1) is 0 Å². The first-order valence-corrected chi connectivity index (χ1v) is 6.85. The van der Waals surface area contributed by atoms with Crippen molar-refractivity contribution in [1.29, 1.82) is 5.26 Å². The van der Waals surface area contributed by atoms with Crippen molar-refractivity contribution in [1.82, 2.24) is 0 Å². The number of hydrogen-bond acceptors (Lipinski definition) is 1. The highest BCUT2D eigenvalue weighted by atomic mass is 35.5. The fourth-order valence-corrected chi connectivity index (χ4v) is 2.75. The van der Waals surface area contributed by atoms with Crippen LogP contribution >= 0.6 is 46.4 Å². The van der Waals surface area contributed by atoms with E-state index in [1.165, 1.54) is 0 Å². The van der Waals surface area contributed by atoms with E-state index >= 15 is 0 Å². The average molecular weight is 331 g/mol. The molecule has 1 nitrogen and oxygen atoms in total. The third kappa shape index (κ3) is 2.99. The van der Waals surface area contributed by atoms with Gasteiger partial charge in [0.15, 0.2) is 0 Å². The normalized spacial score (nSPS) is 10.3. The molecule has 0 unspecified atom stereocenters. The number of hydrogen-bond donors (Lipinski definition) is 0. The molecule has 0 N–H and O–H groups in total. The van der Waals surface area contributed by atoms with Gasteiger partial charge < -0.3 is 0 Å². The third-order valence-corrected chi connectivity index (χ3v) is 4.00. The van der Waals surface area contributed by atoms with Gasteiger partial charge in [0.25, 0.3) is 0 Å². The summed E-state index contributed by atoms with van der Waals surface area (Å²) in [5.74, 6) is 0. The Morgan fingerprint density at radius 3 is 2.26 bits per heavy atom. The molecule has 0 aliphatic heterocycles. The quantitative estimate of drug-likeness (QED) is 0.616. The number of nitrogens with zero attached hydrogens (tertiary/aromatic N) is 1. The standard InChI is InChI=1S/C14H7Cl4N/c15-10-3-1-2-8(4-5-19)14(10)9-6-12(17)13(18)7-11(9)16/h1-3,6-7H,4H2. The van der Waals surface area contributed by atoms with E-state index in [1.54, 1.807) is 24.3 Å². The van der Waals surface area contributed by atoms with Gasteiger partial charge in [0.05, 0.1) is 27.6 Å². The second-order valence-corrected chi connectivity index (χ2v) is 5.48. The zero-order valence-corrected chi connectivity index (χ0v) is 12.6. The van der Waals surface area contributed by atoms with Gasteiger partial charge in [-0.3, -0.25) is 0 Å². The Kier molecular flexibility index (Phi) is 4.60. The highest BCUT2D eigenvalue weighted by Gasteiger charge is 2.14. The first-order valence-electron chi connectivity index (χ1n) is 5.34.